The molecule has 2 aliphatic heterocycles. The van der Waals surface area contributed by atoms with Gasteiger partial charge < -0.3 is 14.6 Å². The number of aromatic nitrogens is 2. The lowest BCUT2D eigenvalue weighted by atomic mass is 9.84. The van der Waals surface area contributed by atoms with Crippen molar-refractivity contribution in [2.45, 2.75) is 44.2 Å². The van der Waals surface area contributed by atoms with Gasteiger partial charge in [-0.25, -0.2) is 19.2 Å². The molecule has 0 radical (unpaired) electrons. The predicted molar refractivity (Wildman–Crippen MR) is 104 cm³/mol. The van der Waals surface area contributed by atoms with Gasteiger partial charge in [0.05, 0.1) is 12.2 Å². The number of ether oxygens (including phenoxy) is 2. The zero-order chi connectivity index (χ0) is 23.4. The van der Waals surface area contributed by atoms with Gasteiger partial charge in [-0.05, 0) is 30.7 Å². The molecule has 2 aromatic rings. The van der Waals surface area contributed by atoms with Crippen molar-refractivity contribution in [3.8, 4) is 6.01 Å². The number of hydrogen-bond acceptors (Lipinski definition) is 6. The van der Waals surface area contributed by atoms with Gasteiger partial charge in [-0.2, -0.15) is 13.2 Å². The molecule has 0 saturated carbocycles. The number of alkyl halides is 3. The fraction of sp³-hybridized carbons (Fsp3) is 0.476. The lowest BCUT2D eigenvalue weighted by molar-refractivity contribution is -0.192. The van der Waals surface area contributed by atoms with Crippen LogP contribution >= 0.6 is 0 Å². The van der Waals surface area contributed by atoms with Crippen molar-refractivity contribution in [1.82, 2.24) is 14.9 Å². The first-order chi connectivity index (χ1) is 15.0. The van der Waals surface area contributed by atoms with E-state index in [1.54, 1.807) is 18.3 Å². The topological polar surface area (TPSA) is 84.8 Å². The number of likely N-dealkylation sites (tertiary alicyclic amines) is 1. The molecule has 0 aliphatic carbocycles. The SMILES string of the molecule is Cc1ccnc(OC2CCOC3(C2)CN(Cc2cccc(F)c2)C3)n1.O=C(O)C(F)(F)F. The minimum absolute atomic E-state index is 0.0758. The van der Waals surface area contributed by atoms with Crippen LogP contribution in [-0.2, 0) is 16.1 Å². The number of halogens is 4. The first-order valence-electron chi connectivity index (χ1n) is 9.92. The van der Waals surface area contributed by atoms with Gasteiger partial charge in [0.25, 0.3) is 0 Å². The van der Waals surface area contributed by atoms with E-state index in [1.165, 1.54) is 6.07 Å². The van der Waals surface area contributed by atoms with Crippen LogP contribution in [0.5, 0.6) is 6.01 Å². The quantitative estimate of drug-likeness (QED) is 0.705. The van der Waals surface area contributed by atoms with Crippen molar-refractivity contribution in [2.75, 3.05) is 19.7 Å². The fourth-order valence-electron chi connectivity index (χ4n) is 3.71. The Morgan fingerprint density at radius 1 is 1.34 bits per heavy atom. The Bertz CT molecular complexity index is 935. The van der Waals surface area contributed by atoms with Crippen molar-refractivity contribution in [2.24, 2.45) is 0 Å². The maximum atomic E-state index is 13.3. The van der Waals surface area contributed by atoms with Gasteiger partial charge in [0, 0.05) is 44.4 Å². The first-order valence-corrected chi connectivity index (χ1v) is 9.92. The zero-order valence-electron chi connectivity index (χ0n) is 17.3. The van der Waals surface area contributed by atoms with Crippen LogP contribution < -0.4 is 4.74 Å². The molecule has 1 atom stereocenters. The molecular weight excluding hydrogens is 434 g/mol. The molecular formula is C21H23F4N3O4. The normalized spacial score (nSPS) is 20.1. The standard InChI is InChI=1S/C19H22FN3O2.C2HF3O2/c1-14-5-7-21-18(22-14)25-17-6-8-24-19(10-17)12-23(13-19)11-15-3-2-4-16(20)9-15;3-2(4,5)1(6)7/h2-5,7,9,17H,6,8,10-13H2,1H3;(H,6,7). The van der Waals surface area contributed by atoms with E-state index < -0.39 is 12.1 Å². The summed E-state index contributed by atoms with van der Waals surface area (Å²) in [5.41, 5.74) is 1.74. The molecule has 1 spiro atoms. The average molecular weight is 457 g/mol. The maximum absolute atomic E-state index is 13.3. The monoisotopic (exact) mass is 457 g/mol. The Morgan fingerprint density at radius 3 is 2.69 bits per heavy atom. The van der Waals surface area contributed by atoms with Gasteiger partial charge in [0.1, 0.15) is 11.9 Å². The molecule has 2 saturated heterocycles. The summed E-state index contributed by atoms with van der Waals surface area (Å²) in [5.74, 6) is -2.94. The summed E-state index contributed by atoms with van der Waals surface area (Å²) in [6.45, 7) is 5.05. The van der Waals surface area contributed by atoms with Crippen LogP contribution in [0.4, 0.5) is 17.6 Å². The first kappa shape index (κ1) is 23.9. The summed E-state index contributed by atoms with van der Waals surface area (Å²) in [4.78, 5) is 19.7. The Balaban J connectivity index is 0.000000360. The van der Waals surface area contributed by atoms with Gasteiger partial charge in [0.2, 0.25) is 0 Å². The Morgan fingerprint density at radius 2 is 2.06 bits per heavy atom. The lowest BCUT2D eigenvalue weighted by Crippen LogP contribution is -2.65. The highest BCUT2D eigenvalue weighted by atomic mass is 19.4. The number of hydrogen-bond donors (Lipinski definition) is 1. The lowest BCUT2D eigenvalue weighted by Gasteiger charge is -2.53. The van der Waals surface area contributed by atoms with E-state index in [-0.39, 0.29) is 17.5 Å². The van der Waals surface area contributed by atoms with Gasteiger partial charge in [0.15, 0.2) is 0 Å². The highest BCUT2D eigenvalue weighted by Crippen LogP contribution is 2.36. The van der Waals surface area contributed by atoms with Crippen LogP contribution in [0.25, 0.3) is 0 Å². The van der Waals surface area contributed by atoms with Crippen molar-refractivity contribution in [3.05, 3.63) is 53.6 Å². The molecule has 4 rings (SSSR count). The molecule has 2 fully saturated rings. The summed E-state index contributed by atoms with van der Waals surface area (Å²) in [5, 5.41) is 7.12. The van der Waals surface area contributed by atoms with E-state index in [9.17, 15) is 17.6 Å². The molecule has 2 aliphatic rings. The smallest absolute Gasteiger partial charge is 0.475 e. The van der Waals surface area contributed by atoms with E-state index in [0.717, 1.165) is 43.7 Å². The van der Waals surface area contributed by atoms with Crippen molar-refractivity contribution in [3.63, 3.8) is 0 Å². The molecule has 11 heteroatoms. The second kappa shape index (κ2) is 9.78. The molecule has 1 aromatic heterocycles. The number of rotatable bonds is 4. The van der Waals surface area contributed by atoms with Crippen LogP contribution in [0.15, 0.2) is 36.5 Å². The van der Waals surface area contributed by atoms with Gasteiger partial charge in [-0.3, -0.25) is 4.90 Å². The minimum atomic E-state index is -5.08. The third kappa shape index (κ3) is 6.60. The van der Waals surface area contributed by atoms with Crippen LogP contribution in [0.3, 0.4) is 0 Å². The van der Waals surface area contributed by atoms with E-state index >= 15 is 0 Å². The number of carboxylic acids is 1. The van der Waals surface area contributed by atoms with Gasteiger partial charge in [-0.1, -0.05) is 12.1 Å². The second-order valence-electron chi connectivity index (χ2n) is 7.82. The Kier molecular flexibility index (Phi) is 7.29. The summed E-state index contributed by atoms with van der Waals surface area (Å²) in [6.07, 6.45) is -1.60. The molecule has 0 amide bonds. The zero-order valence-corrected chi connectivity index (χ0v) is 17.3. The molecule has 0 bridgehead atoms. The molecule has 1 unspecified atom stereocenters. The molecule has 1 aromatic carbocycles. The third-order valence-corrected chi connectivity index (χ3v) is 5.05. The number of carbonyl (C=O) groups is 1. The highest BCUT2D eigenvalue weighted by Gasteiger charge is 2.48. The third-order valence-electron chi connectivity index (χ3n) is 5.05. The Hall–Kier alpha value is -2.79. The summed E-state index contributed by atoms with van der Waals surface area (Å²) in [7, 11) is 0. The van der Waals surface area contributed by atoms with Crippen molar-refractivity contribution < 1.29 is 36.9 Å². The van der Waals surface area contributed by atoms with Crippen molar-refractivity contribution in [1.29, 1.82) is 0 Å². The number of benzene rings is 1. The molecule has 7 nitrogen and oxygen atoms in total. The number of carboxylic acid groups (broad SMARTS) is 1. The highest BCUT2D eigenvalue weighted by molar-refractivity contribution is 5.73. The van der Waals surface area contributed by atoms with Crippen LogP contribution in [0.2, 0.25) is 0 Å². The van der Waals surface area contributed by atoms with E-state index in [2.05, 4.69) is 14.9 Å². The van der Waals surface area contributed by atoms with Crippen LogP contribution in [0, 0.1) is 12.7 Å². The van der Waals surface area contributed by atoms with Crippen molar-refractivity contribution >= 4 is 5.97 Å². The molecule has 1 N–H and O–H groups in total. The molecule has 32 heavy (non-hydrogen) atoms. The van der Waals surface area contributed by atoms with E-state index in [1.807, 2.05) is 19.1 Å². The van der Waals surface area contributed by atoms with Crippen LogP contribution in [-0.4, -0.2) is 63.5 Å². The summed E-state index contributed by atoms with van der Waals surface area (Å²) < 4.78 is 57.1. The number of nitrogens with zero attached hydrogens (tertiary/aromatic N) is 3. The molecule has 174 valence electrons. The molecule has 3 heterocycles. The van der Waals surface area contributed by atoms with Crippen LogP contribution in [0.1, 0.15) is 24.1 Å². The second-order valence-corrected chi connectivity index (χ2v) is 7.82. The maximum Gasteiger partial charge on any atom is 0.490 e. The average Bonchev–Trinajstić information content (AvgIpc) is 2.67. The largest absolute Gasteiger partial charge is 0.490 e. The van der Waals surface area contributed by atoms with E-state index in [0.29, 0.717) is 12.6 Å². The summed E-state index contributed by atoms with van der Waals surface area (Å²) >= 11 is 0. The number of aryl methyl sites for hydroxylation is 1. The predicted octanol–water partition coefficient (Wildman–Crippen LogP) is 3.37. The fourth-order valence-corrected chi connectivity index (χ4v) is 3.71. The van der Waals surface area contributed by atoms with E-state index in [4.69, 9.17) is 19.4 Å². The Labute approximate surface area is 182 Å². The minimum Gasteiger partial charge on any atom is -0.475 e. The summed E-state index contributed by atoms with van der Waals surface area (Å²) in [6, 6.07) is 9.07. The number of aliphatic carboxylic acids is 1. The van der Waals surface area contributed by atoms with Gasteiger partial charge >= 0.3 is 18.2 Å². The van der Waals surface area contributed by atoms with Gasteiger partial charge in [-0.15, -0.1) is 0 Å².